The summed E-state index contributed by atoms with van der Waals surface area (Å²) in [6.07, 6.45) is 66.9. The minimum atomic E-state index is -4.93. The molecule has 18 heteroatoms. The van der Waals surface area contributed by atoms with Crippen LogP contribution in [0.5, 0.6) is 0 Å². The second-order valence-electron chi connectivity index (χ2n) is 20.8. The number of ether oxygens (including phenoxy) is 3. The van der Waals surface area contributed by atoms with Crippen LogP contribution in [0.2, 0.25) is 0 Å². The van der Waals surface area contributed by atoms with Gasteiger partial charge in [0.1, 0.15) is 25.4 Å². The maximum atomic E-state index is 12.9. The number of allylic oxidation sites excluding steroid dienone is 20. The van der Waals surface area contributed by atoms with Crippen molar-refractivity contribution in [2.45, 2.75) is 245 Å². The van der Waals surface area contributed by atoms with Gasteiger partial charge in [0.25, 0.3) is 0 Å². The molecule has 0 radical (unpaired) electrons. The van der Waals surface area contributed by atoms with Gasteiger partial charge in [-0.2, -0.15) is 0 Å². The zero-order chi connectivity index (χ0) is 62.4. The number of esters is 3. The molecule has 0 spiro atoms. The number of unbranched alkanes of at least 4 members (excludes halogenated alkanes) is 16. The molecular formula is C67H112O16P2. The molecule has 85 heavy (non-hydrogen) atoms. The predicted octanol–water partition coefficient (Wildman–Crippen LogP) is 17.1. The van der Waals surface area contributed by atoms with Gasteiger partial charge in [0, 0.05) is 19.3 Å². The van der Waals surface area contributed by atoms with Gasteiger partial charge in [0.05, 0.1) is 26.4 Å². The van der Waals surface area contributed by atoms with Crippen LogP contribution in [0.1, 0.15) is 226 Å². The fraction of sp³-hybridized carbons (Fsp3) is 0.657. The molecule has 0 aliphatic carbocycles. The molecule has 0 bridgehead atoms. The third-order valence-corrected chi connectivity index (χ3v) is 14.6. The van der Waals surface area contributed by atoms with Gasteiger partial charge in [0.2, 0.25) is 0 Å². The lowest BCUT2D eigenvalue weighted by atomic mass is 10.1. The van der Waals surface area contributed by atoms with Crippen molar-refractivity contribution in [1.29, 1.82) is 0 Å². The number of carbonyl (C=O) groups is 3. The molecule has 0 aromatic rings. The Balaban J connectivity index is 4.74. The van der Waals surface area contributed by atoms with Gasteiger partial charge < -0.3 is 34.2 Å². The summed E-state index contributed by atoms with van der Waals surface area (Å²) >= 11 is 0. The number of aliphatic hydroxyl groups excluding tert-OH is 2. The highest BCUT2D eigenvalue weighted by molar-refractivity contribution is 7.47. The molecule has 0 heterocycles. The van der Waals surface area contributed by atoms with Crippen LogP contribution in [0.3, 0.4) is 0 Å². The van der Waals surface area contributed by atoms with Crippen molar-refractivity contribution in [3.8, 4) is 0 Å². The van der Waals surface area contributed by atoms with Crippen LogP contribution in [-0.2, 0) is 55.8 Å². The Morgan fingerprint density at radius 2 is 0.624 bits per heavy atom. The van der Waals surface area contributed by atoms with E-state index in [1.165, 1.54) is 19.3 Å². The van der Waals surface area contributed by atoms with Crippen LogP contribution in [0.15, 0.2) is 122 Å². The Kier molecular flexibility index (Phi) is 57.4. The van der Waals surface area contributed by atoms with E-state index in [0.29, 0.717) is 19.3 Å². The van der Waals surface area contributed by atoms with Gasteiger partial charge in [-0.25, -0.2) is 9.13 Å². The summed E-state index contributed by atoms with van der Waals surface area (Å²) in [6, 6.07) is 0. The minimum Gasteiger partial charge on any atom is -0.463 e. The first kappa shape index (κ1) is 81.0. The molecule has 0 rings (SSSR count). The Labute approximate surface area is 512 Å². The molecule has 4 N–H and O–H groups in total. The normalized spacial score (nSPS) is 15.1. The quantitative estimate of drug-likeness (QED) is 0.0146. The van der Waals surface area contributed by atoms with Gasteiger partial charge in [-0.1, -0.05) is 200 Å². The topological polar surface area (TPSA) is 231 Å². The smallest absolute Gasteiger partial charge is 0.463 e. The van der Waals surface area contributed by atoms with Crippen molar-refractivity contribution in [3.05, 3.63) is 122 Å². The number of hydrogen-bond acceptors (Lipinski definition) is 14. The second kappa shape index (κ2) is 60.2. The van der Waals surface area contributed by atoms with Crippen molar-refractivity contribution in [2.24, 2.45) is 0 Å². The number of rotatable bonds is 59. The lowest BCUT2D eigenvalue weighted by molar-refractivity contribution is -0.161. The molecule has 0 saturated heterocycles. The Morgan fingerprint density at radius 3 is 1.00 bits per heavy atom. The van der Waals surface area contributed by atoms with Crippen LogP contribution in [-0.4, -0.2) is 95.9 Å². The Hall–Kier alpha value is -4.05. The van der Waals surface area contributed by atoms with E-state index in [-0.39, 0.29) is 19.3 Å². The van der Waals surface area contributed by atoms with Crippen molar-refractivity contribution >= 4 is 33.6 Å². The van der Waals surface area contributed by atoms with E-state index < -0.39 is 91.5 Å². The highest BCUT2D eigenvalue weighted by atomic mass is 31.2. The highest BCUT2D eigenvalue weighted by Crippen LogP contribution is 2.45. The van der Waals surface area contributed by atoms with Crippen LogP contribution in [0.25, 0.3) is 0 Å². The minimum absolute atomic E-state index is 0.0807. The summed E-state index contributed by atoms with van der Waals surface area (Å²) in [5.74, 6) is -1.65. The number of aliphatic hydroxyl groups is 2. The number of hydrogen-bond donors (Lipinski definition) is 4. The molecule has 0 aliphatic heterocycles. The molecule has 5 atom stereocenters. The summed E-state index contributed by atoms with van der Waals surface area (Å²) in [4.78, 5) is 58.2. The Morgan fingerprint density at radius 1 is 0.341 bits per heavy atom. The maximum Gasteiger partial charge on any atom is 0.472 e. The van der Waals surface area contributed by atoms with Crippen LogP contribution in [0, 0.1) is 0 Å². The molecule has 5 unspecified atom stereocenters. The first-order valence-corrected chi connectivity index (χ1v) is 34.8. The van der Waals surface area contributed by atoms with E-state index in [1.807, 2.05) is 0 Å². The van der Waals surface area contributed by atoms with Gasteiger partial charge in [-0.15, -0.1) is 0 Å². The fourth-order valence-electron chi connectivity index (χ4n) is 7.82. The van der Waals surface area contributed by atoms with Crippen molar-refractivity contribution in [2.75, 3.05) is 39.6 Å². The van der Waals surface area contributed by atoms with E-state index in [0.717, 1.165) is 148 Å². The molecule has 0 amide bonds. The average molecular weight is 1240 g/mol. The zero-order valence-corrected chi connectivity index (χ0v) is 54.0. The lowest BCUT2D eigenvalue weighted by Crippen LogP contribution is -2.30. The summed E-state index contributed by atoms with van der Waals surface area (Å²) in [5.41, 5.74) is 0. The molecular weight excluding hydrogens is 1120 g/mol. The maximum absolute atomic E-state index is 12.9. The van der Waals surface area contributed by atoms with E-state index in [4.69, 9.17) is 32.3 Å². The van der Waals surface area contributed by atoms with Gasteiger partial charge in [0.15, 0.2) is 6.10 Å². The van der Waals surface area contributed by atoms with Gasteiger partial charge in [-0.05, 0) is 128 Å². The highest BCUT2D eigenvalue weighted by Gasteiger charge is 2.29. The molecule has 0 aromatic heterocycles. The number of phosphoric acid groups is 2. The zero-order valence-electron chi connectivity index (χ0n) is 52.2. The van der Waals surface area contributed by atoms with E-state index in [9.17, 15) is 43.5 Å². The Bertz CT molecular complexity index is 2040. The van der Waals surface area contributed by atoms with Crippen LogP contribution >= 0.6 is 15.6 Å². The van der Waals surface area contributed by atoms with Crippen molar-refractivity contribution < 1.29 is 75.8 Å². The SMILES string of the molecule is CC/C=C\C/C=C\C/C=C\C/C=C\C/C=C\CCCCCC(=O)OCC(O)COP(=O)(O)OCC(O)COP(=O)(O)OCC(COC(=O)CCCCCCC/C=C\C/C=C\C/C=C\CC)OC(=O)CCCCCCC/C=C\C/C=C\CCCCC. The van der Waals surface area contributed by atoms with Gasteiger partial charge in [-0.3, -0.25) is 32.5 Å². The molecule has 0 aliphatic rings. The standard InChI is InChI=1S/C67H112O16P2/c1-4-7-10-13-16-19-22-25-28-29-30-31-34-36-38-41-44-47-50-53-65(70)77-56-62(68)57-79-84(73,74)80-58-63(69)59-81-85(75,76)82-61-64(83-67(72)55-52-49-46-43-40-37-33-27-24-21-18-15-12-9-6-3)60-78-66(71)54-51-48-45-42-39-35-32-26-23-20-17-14-11-8-5-2/h7-8,10-11,16-21,25-28,30-33,36,38,62-64,68-69H,4-6,9,12-15,22-24,29,34-35,37,39-61H2,1-3H3,(H,73,74)(H,75,76)/b10-7-,11-8-,19-16-,20-17-,21-18-,28-25-,31-30-,32-26-,33-27-,38-36-. The monoisotopic (exact) mass is 1230 g/mol. The molecule has 0 aromatic carbocycles. The van der Waals surface area contributed by atoms with E-state index in [2.05, 4.69) is 142 Å². The third-order valence-electron chi connectivity index (χ3n) is 12.7. The largest absolute Gasteiger partial charge is 0.472 e. The molecule has 16 nitrogen and oxygen atoms in total. The summed E-state index contributed by atoms with van der Waals surface area (Å²) in [6.45, 7) is 2.30. The average Bonchev–Trinajstić information content (AvgIpc) is 3.52. The summed E-state index contributed by atoms with van der Waals surface area (Å²) in [5, 5.41) is 20.5. The lowest BCUT2D eigenvalue weighted by Gasteiger charge is -2.21. The van der Waals surface area contributed by atoms with Crippen LogP contribution in [0.4, 0.5) is 0 Å². The first-order valence-electron chi connectivity index (χ1n) is 31.8. The second-order valence-corrected chi connectivity index (χ2v) is 23.7. The summed E-state index contributed by atoms with van der Waals surface area (Å²) in [7, 11) is -9.79. The van der Waals surface area contributed by atoms with E-state index in [1.54, 1.807) is 0 Å². The molecule has 486 valence electrons. The third kappa shape index (κ3) is 61.4. The number of carbonyl (C=O) groups excluding carboxylic acids is 3. The molecule has 0 saturated carbocycles. The number of phosphoric ester groups is 2. The summed E-state index contributed by atoms with van der Waals surface area (Å²) < 4.78 is 60.7. The first-order chi connectivity index (χ1) is 41.2. The van der Waals surface area contributed by atoms with E-state index >= 15 is 0 Å². The van der Waals surface area contributed by atoms with Crippen molar-refractivity contribution in [1.82, 2.24) is 0 Å². The van der Waals surface area contributed by atoms with Gasteiger partial charge >= 0.3 is 33.6 Å². The molecule has 0 fully saturated rings. The predicted molar refractivity (Wildman–Crippen MR) is 343 cm³/mol. The van der Waals surface area contributed by atoms with Crippen molar-refractivity contribution in [3.63, 3.8) is 0 Å². The van der Waals surface area contributed by atoms with Crippen LogP contribution < -0.4 is 0 Å². The fourth-order valence-corrected chi connectivity index (χ4v) is 9.40.